The van der Waals surface area contributed by atoms with Crippen molar-refractivity contribution >= 4 is 15.8 Å². The second kappa shape index (κ2) is 6.12. The molecule has 0 saturated heterocycles. The third kappa shape index (κ3) is 4.29. The highest BCUT2D eigenvalue weighted by Gasteiger charge is 2.21. The van der Waals surface area contributed by atoms with Crippen LogP contribution in [-0.2, 0) is 14.6 Å². The van der Waals surface area contributed by atoms with Crippen LogP contribution in [0.1, 0.15) is 24.2 Å². The van der Waals surface area contributed by atoms with E-state index >= 15 is 0 Å². The smallest absolute Gasteiger partial charge is 0.335 e. The highest BCUT2D eigenvalue weighted by molar-refractivity contribution is 7.91. The fourth-order valence-corrected chi connectivity index (χ4v) is 2.59. The van der Waals surface area contributed by atoms with Crippen molar-refractivity contribution in [1.29, 1.82) is 0 Å². The fourth-order valence-electron chi connectivity index (χ4n) is 1.38. The number of ether oxygens (including phenoxy) is 1. The summed E-state index contributed by atoms with van der Waals surface area (Å²) in [6.45, 7) is 3.42. The summed E-state index contributed by atoms with van der Waals surface area (Å²) in [6, 6.07) is 2.67. The SMILES string of the molecule is CC(C)OCCS(=O)(=O)c1cc(C(=O)O)ccc1F. The van der Waals surface area contributed by atoms with E-state index in [9.17, 15) is 17.6 Å². The third-order valence-electron chi connectivity index (χ3n) is 2.32. The fraction of sp³-hybridized carbons (Fsp3) is 0.417. The molecular weight excluding hydrogens is 275 g/mol. The maximum atomic E-state index is 13.5. The van der Waals surface area contributed by atoms with Crippen molar-refractivity contribution in [3.05, 3.63) is 29.6 Å². The van der Waals surface area contributed by atoms with Crippen LogP contribution in [0.3, 0.4) is 0 Å². The molecule has 0 aliphatic carbocycles. The van der Waals surface area contributed by atoms with Crippen molar-refractivity contribution in [1.82, 2.24) is 0 Å². The first kappa shape index (κ1) is 15.6. The number of hydrogen-bond donors (Lipinski definition) is 1. The van der Waals surface area contributed by atoms with E-state index in [0.717, 1.165) is 18.2 Å². The Morgan fingerprint density at radius 3 is 2.58 bits per heavy atom. The van der Waals surface area contributed by atoms with Crippen LogP contribution < -0.4 is 0 Å². The van der Waals surface area contributed by atoms with Gasteiger partial charge in [0.25, 0.3) is 0 Å². The Labute approximate surface area is 110 Å². The molecule has 0 fully saturated rings. The quantitative estimate of drug-likeness (QED) is 0.862. The van der Waals surface area contributed by atoms with Gasteiger partial charge in [-0.25, -0.2) is 17.6 Å². The van der Waals surface area contributed by atoms with E-state index in [1.807, 2.05) is 0 Å². The standard InChI is InChI=1S/C12H15FO5S/c1-8(2)18-5-6-19(16,17)11-7-9(12(14)15)3-4-10(11)13/h3-4,7-8H,5-6H2,1-2H3,(H,14,15). The molecule has 0 radical (unpaired) electrons. The zero-order valence-electron chi connectivity index (χ0n) is 10.6. The Morgan fingerprint density at radius 2 is 2.05 bits per heavy atom. The molecule has 7 heteroatoms. The van der Waals surface area contributed by atoms with Gasteiger partial charge in [0.15, 0.2) is 9.84 Å². The maximum absolute atomic E-state index is 13.5. The van der Waals surface area contributed by atoms with E-state index in [1.165, 1.54) is 0 Å². The van der Waals surface area contributed by atoms with Crippen molar-refractivity contribution in [2.75, 3.05) is 12.4 Å². The maximum Gasteiger partial charge on any atom is 0.335 e. The molecule has 106 valence electrons. The van der Waals surface area contributed by atoms with Gasteiger partial charge in [-0.3, -0.25) is 0 Å². The van der Waals surface area contributed by atoms with Gasteiger partial charge in [-0.2, -0.15) is 0 Å². The molecule has 0 amide bonds. The first-order chi connectivity index (χ1) is 8.74. The van der Waals surface area contributed by atoms with Crippen LogP contribution in [0.2, 0.25) is 0 Å². The summed E-state index contributed by atoms with van der Waals surface area (Å²) in [7, 11) is -3.91. The van der Waals surface area contributed by atoms with Crippen molar-refractivity contribution in [3.63, 3.8) is 0 Å². The van der Waals surface area contributed by atoms with Crippen molar-refractivity contribution in [3.8, 4) is 0 Å². The molecule has 0 aromatic heterocycles. The van der Waals surface area contributed by atoms with Crippen LogP contribution in [0.15, 0.2) is 23.1 Å². The largest absolute Gasteiger partial charge is 0.478 e. The van der Waals surface area contributed by atoms with E-state index < -0.39 is 32.3 Å². The Morgan fingerprint density at radius 1 is 1.42 bits per heavy atom. The van der Waals surface area contributed by atoms with Crippen molar-refractivity contribution in [2.24, 2.45) is 0 Å². The normalized spacial score (nSPS) is 11.8. The van der Waals surface area contributed by atoms with Crippen LogP contribution in [-0.4, -0.2) is 38.0 Å². The van der Waals surface area contributed by atoms with E-state index in [-0.39, 0.29) is 18.3 Å². The second-order valence-electron chi connectivity index (χ2n) is 4.19. The molecule has 0 unspecified atom stereocenters. The number of aromatic carboxylic acids is 1. The molecular formula is C12H15FO5S. The van der Waals surface area contributed by atoms with Gasteiger partial charge in [-0.05, 0) is 32.0 Å². The number of carboxylic acids is 1. The lowest BCUT2D eigenvalue weighted by Gasteiger charge is -2.09. The lowest BCUT2D eigenvalue weighted by atomic mass is 10.2. The van der Waals surface area contributed by atoms with Gasteiger partial charge in [0.1, 0.15) is 10.7 Å². The molecule has 0 bridgehead atoms. The summed E-state index contributed by atoms with van der Waals surface area (Å²) >= 11 is 0. The van der Waals surface area contributed by atoms with Crippen LogP contribution in [0.5, 0.6) is 0 Å². The molecule has 1 rings (SSSR count). The molecule has 1 aromatic carbocycles. The van der Waals surface area contributed by atoms with Gasteiger partial charge in [0.2, 0.25) is 0 Å². The molecule has 1 N–H and O–H groups in total. The lowest BCUT2D eigenvalue weighted by molar-refractivity contribution is 0.0696. The summed E-state index contributed by atoms with van der Waals surface area (Å²) in [5.74, 6) is -2.67. The molecule has 1 aromatic rings. The van der Waals surface area contributed by atoms with Crippen LogP contribution in [0.25, 0.3) is 0 Å². The Hall–Kier alpha value is -1.47. The van der Waals surface area contributed by atoms with Crippen molar-refractivity contribution < 1.29 is 27.4 Å². The number of hydrogen-bond acceptors (Lipinski definition) is 4. The zero-order chi connectivity index (χ0) is 14.6. The molecule has 0 aliphatic heterocycles. The van der Waals surface area contributed by atoms with Gasteiger partial charge in [-0.1, -0.05) is 0 Å². The minimum Gasteiger partial charge on any atom is -0.478 e. The van der Waals surface area contributed by atoms with Gasteiger partial charge in [0.05, 0.1) is 24.0 Å². The minimum atomic E-state index is -3.91. The molecule has 19 heavy (non-hydrogen) atoms. The molecule has 0 atom stereocenters. The zero-order valence-corrected chi connectivity index (χ0v) is 11.4. The number of sulfone groups is 1. The van der Waals surface area contributed by atoms with Crippen LogP contribution in [0.4, 0.5) is 4.39 Å². The van der Waals surface area contributed by atoms with Crippen LogP contribution >= 0.6 is 0 Å². The average Bonchev–Trinajstić information content (AvgIpc) is 2.28. The molecule has 0 aliphatic rings. The molecule has 0 heterocycles. The molecule has 0 saturated carbocycles. The van der Waals surface area contributed by atoms with E-state index in [0.29, 0.717) is 0 Å². The average molecular weight is 290 g/mol. The van der Waals surface area contributed by atoms with E-state index in [2.05, 4.69) is 0 Å². The van der Waals surface area contributed by atoms with Gasteiger partial charge < -0.3 is 9.84 Å². The van der Waals surface area contributed by atoms with Gasteiger partial charge in [0, 0.05) is 0 Å². The predicted octanol–water partition coefficient (Wildman–Crippen LogP) is 1.72. The second-order valence-corrected chi connectivity index (χ2v) is 6.27. The van der Waals surface area contributed by atoms with Gasteiger partial charge >= 0.3 is 5.97 Å². The number of benzene rings is 1. The van der Waals surface area contributed by atoms with Gasteiger partial charge in [-0.15, -0.1) is 0 Å². The topological polar surface area (TPSA) is 80.7 Å². The summed E-state index contributed by atoms with van der Waals surface area (Å²) in [5, 5.41) is 8.77. The minimum absolute atomic E-state index is 0.0727. The Bertz CT molecular complexity index is 565. The first-order valence-corrected chi connectivity index (χ1v) is 7.26. The first-order valence-electron chi connectivity index (χ1n) is 5.61. The number of carbonyl (C=O) groups is 1. The Kier molecular flexibility index (Phi) is 5.02. The van der Waals surface area contributed by atoms with Crippen molar-refractivity contribution in [2.45, 2.75) is 24.8 Å². The Balaban J connectivity index is 3.00. The highest BCUT2D eigenvalue weighted by atomic mass is 32.2. The number of halogens is 1. The van der Waals surface area contributed by atoms with E-state index in [4.69, 9.17) is 9.84 Å². The predicted molar refractivity (Wildman–Crippen MR) is 66.5 cm³/mol. The lowest BCUT2D eigenvalue weighted by Crippen LogP contribution is -2.17. The van der Waals surface area contributed by atoms with Crippen LogP contribution in [0, 0.1) is 5.82 Å². The van der Waals surface area contributed by atoms with E-state index in [1.54, 1.807) is 13.8 Å². The summed E-state index contributed by atoms with van der Waals surface area (Å²) in [5.41, 5.74) is -0.273. The highest BCUT2D eigenvalue weighted by Crippen LogP contribution is 2.18. The summed E-state index contributed by atoms with van der Waals surface area (Å²) < 4.78 is 42.4. The molecule has 0 spiro atoms. The monoisotopic (exact) mass is 290 g/mol. The summed E-state index contributed by atoms with van der Waals surface area (Å²) in [4.78, 5) is 10.1. The third-order valence-corrected chi connectivity index (χ3v) is 4.00. The molecule has 5 nitrogen and oxygen atoms in total. The number of carboxylic acid groups (broad SMARTS) is 1. The number of rotatable bonds is 6. The summed E-state index contributed by atoms with van der Waals surface area (Å²) in [6.07, 6.45) is -0.134.